The van der Waals surface area contributed by atoms with Gasteiger partial charge in [-0.25, -0.2) is 4.18 Å². The van der Waals surface area contributed by atoms with Gasteiger partial charge in [0.15, 0.2) is 6.29 Å². The van der Waals surface area contributed by atoms with Gasteiger partial charge in [-0.3, -0.25) is 9.35 Å². The van der Waals surface area contributed by atoms with Crippen molar-refractivity contribution in [2.24, 2.45) is 0 Å². The van der Waals surface area contributed by atoms with Gasteiger partial charge in [-0.1, -0.05) is 58.8 Å². The van der Waals surface area contributed by atoms with Crippen molar-refractivity contribution in [3.05, 3.63) is 0 Å². The monoisotopic (exact) mass is 544 g/mol. The molecule has 0 aromatic rings. The van der Waals surface area contributed by atoms with Crippen LogP contribution in [-0.2, 0) is 38.3 Å². The quantitative estimate of drug-likeness (QED) is 0.0987. The summed E-state index contributed by atoms with van der Waals surface area (Å²) in [5, 5.41) is 30.0. The molecule has 36 heavy (non-hydrogen) atoms. The van der Waals surface area contributed by atoms with Crippen molar-refractivity contribution in [2.45, 2.75) is 115 Å². The van der Waals surface area contributed by atoms with Crippen molar-refractivity contribution < 1.29 is 56.2 Å². The minimum absolute atomic E-state index is 0.0352. The fraction of sp³-hybridized carbons (Fsp3) is 0.957. The van der Waals surface area contributed by atoms with Crippen LogP contribution in [0.1, 0.15) is 78.1 Å². The van der Waals surface area contributed by atoms with Crippen LogP contribution >= 0.6 is 0 Å². The minimum Gasteiger partial charge on any atom is -0.457 e. The van der Waals surface area contributed by atoms with Crippen molar-refractivity contribution in [3.8, 4) is 0 Å². The highest BCUT2D eigenvalue weighted by molar-refractivity contribution is 7.80. The van der Waals surface area contributed by atoms with Crippen LogP contribution in [0.5, 0.6) is 0 Å². The van der Waals surface area contributed by atoms with Gasteiger partial charge in [0.25, 0.3) is 0 Å². The van der Waals surface area contributed by atoms with E-state index in [1.807, 2.05) is 6.92 Å². The summed E-state index contributed by atoms with van der Waals surface area (Å²) in [5.74, 6) is -0.439. The Morgan fingerprint density at radius 2 is 1.58 bits per heavy atom. The van der Waals surface area contributed by atoms with Crippen molar-refractivity contribution >= 4 is 16.4 Å². The molecule has 13 heteroatoms. The van der Waals surface area contributed by atoms with E-state index in [1.165, 1.54) is 25.7 Å². The summed E-state index contributed by atoms with van der Waals surface area (Å²) in [6.07, 6.45) is 0.360. The molecule has 0 bridgehead atoms. The van der Waals surface area contributed by atoms with E-state index in [2.05, 4.69) is 11.1 Å². The fourth-order valence-corrected chi connectivity index (χ4v) is 4.21. The lowest BCUT2D eigenvalue weighted by atomic mass is 9.99. The minimum atomic E-state index is -5.03. The molecule has 6 atom stereocenters. The van der Waals surface area contributed by atoms with Crippen LogP contribution in [0, 0.1) is 0 Å². The smallest absolute Gasteiger partial charge is 0.397 e. The molecule has 1 heterocycles. The molecular weight excluding hydrogens is 500 g/mol. The van der Waals surface area contributed by atoms with Gasteiger partial charge in [0.1, 0.15) is 30.5 Å². The molecule has 1 aliphatic rings. The SMILES string of the molecule is CCCCCCCCCOCC(COC1OC(CO)C(O)C(OS(=O)(=O)O)C1O)OC(=O)CCCC. The molecule has 1 aliphatic heterocycles. The van der Waals surface area contributed by atoms with Crippen LogP contribution in [0.4, 0.5) is 0 Å². The maximum Gasteiger partial charge on any atom is 0.397 e. The average molecular weight is 545 g/mol. The van der Waals surface area contributed by atoms with Gasteiger partial charge >= 0.3 is 16.4 Å². The molecule has 12 nitrogen and oxygen atoms in total. The zero-order chi connectivity index (χ0) is 27.0. The molecule has 6 unspecified atom stereocenters. The number of aliphatic hydroxyl groups excluding tert-OH is 3. The van der Waals surface area contributed by atoms with Crippen molar-refractivity contribution in [1.82, 2.24) is 0 Å². The van der Waals surface area contributed by atoms with E-state index in [0.29, 0.717) is 13.0 Å². The summed E-state index contributed by atoms with van der Waals surface area (Å²) in [4.78, 5) is 12.1. The second-order valence-electron chi connectivity index (χ2n) is 8.94. The van der Waals surface area contributed by atoms with Crippen molar-refractivity contribution in [1.29, 1.82) is 0 Å². The van der Waals surface area contributed by atoms with Crippen LogP contribution in [0.25, 0.3) is 0 Å². The Hall–Kier alpha value is -0.900. The molecule has 1 fully saturated rings. The molecule has 0 radical (unpaired) electrons. The first-order valence-electron chi connectivity index (χ1n) is 12.8. The van der Waals surface area contributed by atoms with Gasteiger partial charge in [-0.2, -0.15) is 8.42 Å². The summed E-state index contributed by atoms with van der Waals surface area (Å²) in [7, 11) is -5.03. The third-order valence-electron chi connectivity index (χ3n) is 5.73. The number of hydrogen-bond donors (Lipinski definition) is 4. The van der Waals surface area contributed by atoms with Crippen LogP contribution in [0.15, 0.2) is 0 Å². The van der Waals surface area contributed by atoms with Crippen molar-refractivity contribution in [3.63, 3.8) is 0 Å². The lowest BCUT2D eigenvalue weighted by molar-refractivity contribution is -0.301. The number of rotatable bonds is 20. The first-order valence-corrected chi connectivity index (χ1v) is 14.2. The Morgan fingerprint density at radius 3 is 2.19 bits per heavy atom. The van der Waals surface area contributed by atoms with E-state index < -0.39 is 59.8 Å². The summed E-state index contributed by atoms with van der Waals surface area (Å²) < 4.78 is 57.5. The molecule has 0 aromatic heterocycles. The Balaban J connectivity index is 2.64. The summed E-state index contributed by atoms with van der Waals surface area (Å²) >= 11 is 0. The van der Waals surface area contributed by atoms with Crippen LogP contribution < -0.4 is 0 Å². The van der Waals surface area contributed by atoms with Gasteiger partial charge in [0.05, 0.1) is 19.8 Å². The predicted octanol–water partition coefficient (Wildman–Crippen LogP) is 1.50. The lowest BCUT2D eigenvalue weighted by Crippen LogP contribution is -2.60. The first-order chi connectivity index (χ1) is 17.1. The maximum atomic E-state index is 12.1. The third-order valence-corrected chi connectivity index (χ3v) is 6.19. The van der Waals surface area contributed by atoms with Gasteiger partial charge in [-0.15, -0.1) is 0 Å². The molecule has 0 spiro atoms. The highest BCUT2D eigenvalue weighted by atomic mass is 32.3. The predicted molar refractivity (Wildman–Crippen MR) is 128 cm³/mol. The zero-order valence-electron chi connectivity index (χ0n) is 21.3. The summed E-state index contributed by atoms with van der Waals surface area (Å²) in [6, 6.07) is 0. The van der Waals surface area contributed by atoms with Gasteiger partial charge in [0, 0.05) is 13.0 Å². The lowest BCUT2D eigenvalue weighted by Gasteiger charge is -2.41. The van der Waals surface area contributed by atoms with Gasteiger partial charge < -0.3 is 34.3 Å². The highest BCUT2D eigenvalue weighted by Crippen LogP contribution is 2.25. The first kappa shape index (κ1) is 33.1. The Morgan fingerprint density at radius 1 is 0.944 bits per heavy atom. The van der Waals surface area contributed by atoms with E-state index in [-0.39, 0.29) is 19.6 Å². The second-order valence-corrected chi connectivity index (χ2v) is 9.99. The Bertz CT molecular complexity index is 689. The third kappa shape index (κ3) is 13.6. The molecule has 1 rings (SSSR count). The highest BCUT2D eigenvalue weighted by Gasteiger charge is 2.48. The molecular formula is C23H44O12S. The Labute approximate surface area is 214 Å². The number of carbonyl (C=O) groups excluding carboxylic acids is 1. The topological polar surface area (TPSA) is 178 Å². The molecule has 0 saturated carbocycles. The van der Waals surface area contributed by atoms with E-state index in [4.69, 9.17) is 23.5 Å². The second kappa shape index (κ2) is 18.4. The van der Waals surface area contributed by atoms with Crippen LogP contribution in [-0.4, -0.2) is 97.5 Å². The average Bonchev–Trinajstić information content (AvgIpc) is 2.82. The summed E-state index contributed by atoms with van der Waals surface area (Å²) in [5.41, 5.74) is 0. The molecule has 1 saturated heterocycles. The molecule has 0 aliphatic carbocycles. The van der Waals surface area contributed by atoms with Gasteiger partial charge in [0.2, 0.25) is 0 Å². The molecule has 0 amide bonds. The van der Waals surface area contributed by atoms with Gasteiger partial charge in [-0.05, 0) is 12.8 Å². The molecule has 4 N–H and O–H groups in total. The number of unbranched alkanes of at least 4 members (excludes halogenated alkanes) is 7. The number of esters is 1. The number of carbonyl (C=O) groups is 1. The molecule has 0 aromatic carbocycles. The van der Waals surface area contributed by atoms with E-state index in [0.717, 1.165) is 25.7 Å². The normalized spacial score (nSPS) is 25.6. The zero-order valence-corrected chi connectivity index (χ0v) is 22.1. The fourth-order valence-electron chi connectivity index (χ4n) is 3.71. The Kier molecular flexibility index (Phi) is 16.9. The molecule has 214 valence electrons. The maximum absolute atomic E-state index is 12.1. The van der Waals surface area contributed by atoms with E-state index in [9.17, 15) is 28.5 Å². The largest absolute Gasteiger partial charge is 0.457 e. The number of ether oxygens (including phenoxy) is 4. The number of hydrogen-bond acceptors (Lipinski definition) is 11. The van der Waals surface area contributed by atoms with Crippen LogP contribution in [0.2, 0.25) is 0 Å². The summed E-state index contributed by atoms with van der Waals surface area (Å²) in [6.45, 7) is 3.61. The van der Waals surface area contributed by atoms with Crippen molar-refractivity contribution in [2.75, 3.05) is 26.4 Å². The standard InChI is InChI=1S/C23H44O12S/c1-3-5-7-8-9-10-11-13-31-15-17(33-19(25)12-6-4-2)16-32-23-21(27)22(35-36(28,29)30)20(26)18(14-24)34-23/h17-18,20-24,26-27H,3-16H2,1-2H3,(H,28,29,30). The van der Waals surface area contributed by atoms with Crippen LogP contribution in [0.3, 0.4) is 0 Å². The van der Waals surface area contributed by atoms with E-state index in [1.54, 1.807) is 0 Å². The van der Waals surface area contributed by atoms with E-state index >= 15 is 0 Å². The number of aliphatic hydroxyl groups is 3.